The molecule has 4 heterocycles. The van der Waals surface area contributed by atoms with Crippen LogP contribution in [0.15, 0.2) is 24.5 Å². The molecule has 0 unspecified atom stereocenters. The third kappa shape index (κ3) is 3.05. The molecule has 0 bridgehead atoms. The van der Waals surface area contributed by atoms with Crippen LogP contribution >= 0.6 is 0 Å². The number of hydrogen-bond acceptors (Lipinski definition) is 4. The number of rotatable bonds is 3. The molecule has 2 fully saturated rings. The number of H-pyrrole nitrogens is 1. The summed E-state index contributed by atoms with van der Waals surface area (Å²) in [6.45, 7) is 4.09. The minimum Gasteiger partial charge on any atom is -0.345 e. The summed E-state index contributed by atoms with van der Waals surface area (Å²) in [7, 11) is 2.16. The number of halogens is 1. The molecule has 1 N–H and O–H groups in total. The maximum Gasteiger partial charge on any atom is 0.151 e. The van der Waals surface area contributed by atoms with Gasteiger partial charge in [0.05, 0.1) is 5.52 Å². The van der Waals surface area contributed by atoms with Crippen LogP contribution in [-0.4, -0.2) is 49.5 Å². The summed E-state index contributed by atoms with van der Waals surface area (Å²) in [5.41, 5.74) is 3.94. The second-order valence-corrected chi connectivity index (χ2v) is 9.21. The first-order valence-corrected chi connectivity index (χ1v) is 11.3. The highest BCUT2D eigenvalue weighted by atomic mass is 19.1. The van der Waals surface area contributed by atoms with Crippen LogP contribution in [0.25, 0.3) is 33.2 Å². The Hall–Kier alpha value is -2.80. The van der Waals surface area contributed by atoms with Gasteiger partial charge in [-0.3, -0.25) is 0 Å². The van der Waals surface area contributed by atoms with E-state index in [1.54, 1.807) is 6.07 Å². The number of nitrogens with zero attached hydrogens (tertiary/aromatic N) is 5. The van der Waals surface area contributed by atoms with Crippen molar-refractivity contribution in [2.24, 2.45) is 0 Å². The molecule has 4 aromatic rings. The van der Waals surface area contributed by atoms with Gasteiger partial charge in [-0.2, -0.15) is 0 Å². The fourth-order valence-electron chi connectivity index (χ4n) is 5.16. The molecule has 31 heavy (non-hydrogen) atoms. The molecule has 0 amide bonds. The van der Waals surface area contributed by atoms with Gasteiger partial charge in [-0.1, -0.05) is 6.42 Å². The predicted molar refractivity (Wildman–Crippen MR) is 120 cm³/mol. The van der Waals surface area contributed by atoms with Gasteiger partial charge in [0.25, 0.3) is 0 Å². The van der Waals surface area contributed by atoms with Crippen LogP contribution in [0.1, 0.15) is 55.7 Å². The maximum absolute atomic E-state index is 15.2. The lowest BCUT2D eigenvalue weighted by Crippen LogP contribution is -2.31. The van der Waals surface area contributed by atoms with Crippen molar-refractivity contribution < 1.29 is 4.39 Å². The molecule has 3 aromatic heterocycles. The summed E-state index contributed by atoms with van der Waals surface area (Å²) in [6.07, 6.45) is 9.52. The number of imidazole rings is 1. The Labute approximate surface area is 180 Å². The fraction of sp³-hybridized carbons (Fsp3) is 0.458. The van der Waals surface area contributed by atoms with Crippen LogP contribution in [-0.2, 0) is 0 Å². The van der Waals surface area contributed by atoms with E-state index in [1.807, 2.05) is 19.3 Å². The maximum atomic E-state index is 15.2. The van der Waals surface area contributed by atoms with Crippen molar-refractivity contribution >= 4 is 22.1 Å². The summed E-state index contributed by atoms with van der Waals surface area (Å²) in [5.74, 6) is 2.01. The molecule has 160 valence electrons. The third-order valence-corrected chi connectivity index (χ3v) is 7.21. The molecular formula is C24H27FN6. The Morgan fingerprint density at radius 1 is 1.10 bits per heavy atom. The highest BCUT2D eigenvalue weighted by Gasteiger charge is 2.25. The minimum absolute atomic E-state index is 0.274. The number of nitrogens with one attached hydrogen (secondary N) is 1. The molecule has 1 aromatic carbocycles. The number of hydrogen-bond donors (Lipinski definition) is 1. The molecule has 0 atom stereocenters. The number of piperidine rings is 1. The Balaban J connectivity index is 1.45. The van der Waals surface area contributed by atoms with Crippen LogP contribution in [0, 0.1) is 12.7 Å². The average Bonchev–Trinajstić information content (AvgIpc) is 3.28. The summed E-state index contributed by atoms with van der Waals surface area (Å²) in [4.78, 5) is 19.6. The van der Waals surface area contributed by atoms with E-state index in [4.69, 9.17) is 4.98 Å². The molecule has 0 spiro atoms. The largest absolute Gasteiger partial charge is 0.345 e. The zero-order valence-corrected chi connectivity index (χ0v) is 18.0. The second-order valence-electron chi connectivity index (χ2n) is 9.21. The molecule has 2 aliphatic rings. The normalized spacial score (nSPS) is 18.8. The Bertz CT molecular complexity index is 1280. The lowest BCUT2D eigenvalue weighted by Gasteiger charge is -2.30. The SMILES string of the molecule is Cc1nc2c(F)cc(-c3c[nH]c4nc(C5CCC5)ncc34)cc2n1C1CCN(C)CC1. The van der Waals surface area contributed by atoms with Crippen molar-refractivity contribution in [2.75, 3.05) is 20.1 Å². The first-order valence-electron chi connectivity index (χ1n) is 11.3. The van der Waals surface area contributed by atoms with Crippen molar-refractivity contribution in [1.82, 2.24) is 29.4 Å². The van der Waals surface area contributed by atoms with Crippen LogP contribution in [0.4, 0.5) is 4.39 Å². The highest BCUT2D eigenvalue weighted by molar-refractivity contribution is 5.95. The fourth-order valence-corrected chi connectivity index (χ4v) is 5.16. The number of benzene rings is 1. The number of aryl methyl sites for hydroxylation is 1. The topological polar surface area (TPSA) is 62.6 Å². The minimum atomic E-state index is -0.274. The predicted octanol–water partition coefficient (Wildman–Crippen LogP) is 4.96. The Morgan fingerprint density at radius 2 is 1.90 bits per heavy atom. The van der Waals surface area contributed by atoms with Crippen molar-refractivity contribution in [3.05, 3.63) is 42.0 Å². The zero-order chi connectivity index (χ0) is 21.1. The van der Waals surface area contributed by atoms with Crippen LogP contribution in [0.5, 0.6) is 0 Å². The first kappa shape index (κ1) is 18.9. The molecule has 7 heteroatoms. The molecule has 1 saturated carbocycles. The van der Waals surface area contributed by atoms with Crippen molar-refractivity contribution in [1.29, 1.82) is 0 Å². The van der Waals surface area contributed by atoms with Crippen molar-refractivity contribution in [2.45, 2.75) is 51.0 Å². The van der Waals surface area contributed by atoms with Crippen molar-refractivity contribution in [3.63, 3.8) is 0 Å². The summed E-state index contributed by atoms with van der Waals surface area (Å²) in [5, 5.41) is 0.934. The van der Waals surface area contributed by atoms with Gasteiger partial charge < -0.3 is 14.5 Å². The van der Waals surface area contributed by atoms with Gasteiger partial charge in [-0.05, 0) is 70.4 Å². The van der Waals surface area contributed by atoms with Gasteiger partial charge in [0.2, 0.25) is 0 Å². The lowest BCUT2D eigenvalue weighted by atomic mass is 9.85. The highest BCUT2D eigenvalue weighted by Crippen LogP contribution is 2.37. The molecule has 1 saturated heterocycles. The number of fused-ring (bicyclic) bond motifs is 2. The smallest absolute Gasteiger partial charge is 0.151 e. The van der Waals surface area contributed by atoms with E-state index in [-0.39, 0.29) is 5.82 Å². The molecule has 1 aliphatic heterocycles. The van der Waals surface area contributed by atoms with E-state index < -0.39 is 0 Å². The van der Waals surface area contributed by atoms with Gasteiger partial charge >= 0.3 is 0 Å². The van der Waals surface area contributed by atoms with Crippen molar-refractivity contribution in [3.8, 4) is 11.1 Å². The second kappa shape index (κ2) is 7.12. The Morgan fingerprint density at radius 3 is 2.65 bits per heavy atom. The number of aromatic amines is 1. The molecule has 0 radical (unpaired) electrons. The zero-order valence-electron chi connectivity index (χ0n) is 18.0. The molecule has 6 nitrogen and oxygen atoms in total. The number of likely N-dealkylation sites (tertiary alicyclic amines) is 1. The first-order chi connectivity index (χ1) is 15.1. The van der Waals surface area contributed by atoms with Gasteiger partial charge in [0, 0.05) is 35.3 Å². The number of aromatic nitrogens is 5. The van der Waals surface area contributed by atoms with Gasteiger partial charge in [-0.25, -0.2) is 19.3 Å². The van der Waals surface area contributed by atoms with E-state index >= 15 is 4.39 Å². The van der Waals surface area contributed by atoms with E-state index in [0.717, 1.165) is 65.3 Å². The van der Waals surface area contributed by atoms with E-state index in [2.05, 4.69) is 37.5 Å². The Kier molecular flexibility index (Phi) is 4.35. The quantitative estimate of drug-likeness (QED) is 0.511. The summed E-state index contributed by atoms with van der Waals surface area (Å²) >= 11 is 0. The third-order valence-electron chi connectivity index (χ3n) is 7.21. The van der Waals surface area contributed by atoms with E-state index in [9.17, 15) is 0 Å². The lowest BCUT2D eigenvalue weighted by molar-refractivity contribution is 0.222. The molecular weight excluding hydrogens is 391 g/mol. The average molecular weight is 419 g/mol. The van der Waals surface area contributed by atoms with Crippen LogP contribution in [0.3, 0.4) is 0 Å². The van der Waals surface area contributed by atoms with Gasteiger partial charge in [-0.15, -0.1) is 0 Å². The van der Waals surface area contributed by atoms with E-state index in [0.29, 0.717) is 17.5 Å². The molecule has 6 rings (SSSR count). The van der Waals surface area contributed by atoms with Crippen LogP contribution < -0.4 is 0 Å². The molecule has 1 aliphatic carbocycles. The van der Waals surface area contributed by atoms with Gasteiger partial charge in [0.15, 0.2) is 5.82 Å². The van der Waals surface area contributed by atoms with Crippen LogP contribution in [0.2, 0.25) is 0 Å². The monoisotopic (exact) mass is 418 g/mol. The van der Waals surface area contributed by atoms with Gasteiger partial charge in [0.1, 0.15) is 22.8 Å². The summed E-state index contributed by atoms with van der Waals surface area (Å²) < 4.78 is 17.4. The summed E-state index contributed by atoms with van der Waals surface area (Å²) in [6, 6.07) is 4.03. The standard InChI is InChI=1S/C24H27FN6/c1-14-28-22-20(25)10-16(11-21(22)31(14)17-6-8-30(2)9-7-17)18-12-27-24-19(18)13-26-23(29-24)15-4-3-5-15/h10-13,15,17H,3-9H2,1-2H3,(H,26,27,29). The van der Waals surface area contributed by atoms with E-state index in [1.165, 1.54) is 19.3 Å².